The van der Waals surface area contributed by atoms with Crippen molar-refractivity contribution in [3.05, 3.63) is 46.4 Å². The van der Waals surface area contributed by atoms with Gasteiger partial charge in [0, 0.05) is 6.54 Å². The van der Waals surface area contributed by atoms with Gasteiger partial charge >= 0.3 is 0 Å². The lowest BCUT2D eigenvalue weighted by Crippen LogP contribution is -2.26. The van der Waals surface area contributed by atoms with Gasteiger partial charge in [0.15, 0.2) is 0 Å². The minimum atomic E-state index is -3.78. The van der Waals surface area contributed by atoms with Gasteiger partial charge in [-0.3, -0.25) is 0 Å². The molecule has 2 rings (SSSR count). The second-order valence-corrected chi connectivity index (χ2v) is 6.48. The summed E-state index contributed by atoms with van der Waals surface area (Å²) in [6, 6.07) is 5.21. The van der Waals surface area contributed by atoms with Crippen LogP contribution in [-0.2, 0) is 16.4 Å². The molecule has 0 aliphatic heterocycles. The van der Waals surface area contributed by atoms with E-state index in [0.29, 0.717) is 6.42 Å². The number of rotatable bonds is 5. The molecule has 0 amide bonds. The molecule has 4 nitrogen and oxygen atoms in total. The van der Waals surface area contributed by atoms with E-state index in [1.54, 1.807) is 11.3 Å². The lowest BCUT2D eigenvalue weighted by atomic mass is 10.2. The van der Waals surface area contributed by atoms with E-state index in [4.69, 9.17) is 5.73 Å². The molecule has 7 heteroatoms. The topological polar surface area (TPSA) is 72.2 Å². The van der Waals surface area contributed by atoms with Gasteiger partial charge in [-0.1, -0.05) is 0 Å². The van der Waals surface area contributed by atoms with Crippen LogP contribution in [0.3, 0.4) is 0 Å². The van der Waals surface area contributed by atoms with Gasteiger partial charge in [0.1, 0.15) is 10.7 Å². The summed E-state index contributed by atoms with van der Waals surface area (Å²) in [5.74, 6) is -0.632. The van der Waals surface area contributed by atoms with Crippen molar-refractivity contribution >= 4 is 27.0 Å². The normalized spacial score (nSPS) is 11.6. The van der Waals surface area contributed by atoms with Gasteiger partial charge in [-0.15, -0.1) is 0 Å². The second-order valence-electron chi connectivity index (χ2n) is 3.96. The molecule has 0 saturated carbocycles. The number of nitrogens with one attached hydrogen (secondary N) is 1. The second kappa shape index (κ2) is 5.68. The number of hydrogen-bond donors (Lipinski definition) is 2. The van der Waals surface area contributed by atoms with Crippen LogP contribution in [0.4, 0.5) is 10.1 Å². The fraction of sp³-hybridized carbons (Fsp3) is 0.167. The molecule has 1 aromatic heterocycles. The van der Waals surface area contributed by atoms with E-state index in [2.05, 4.69) is 4.72 Å². The first kappa shape index (κ1) is 14.0. The lowest BCUT2D eigenvalue weighted by molar-refractivity contribution is 0.578. The van der Waals surface area contributed by atoms with Gasteiger partial charge in [-0.2, -0.15) is 11.3 Å². The summed E-state index contributed by atoms with van der Waals surface area (Å²) in [7, 11) is -3.78. The van der Waals surface area contributed by atoms with Gasteiger partial charge in [-0.25, -0.2) is 17.5 Å². The summed E-state index contributed by atoms with van der Waals surface area (Å²) in [5.41, 5.74) is 6.65. The van der Waals surface area contributed by atoms with E-state index in [0.717, 1.165) is 17.7 Å². The van der Waals surface area contributed by atoms with Crippen molar-refractivity contribution in [2.45, 2.75) is 11.3 Å². The van der Waals surface area contributed by atoms with E-state index in [9.17, 15) is 12.8 Å². The number of sulfonamides is 1. The van der Waals surface area contributed by atoms with Crippen LogP contribution >= 0.6 is 11.3 Å². The Kier molecular flexibility index (Phi) is 4.18. The Hall–Kier alpha value is -1.44. The number of nitrogens with two attached hydrogens (primary N) is 1. The third-order valence-electron chi connectivity index (χ3n) is 2.55. The highest BCUT2D eigenvalue weighted by Crippen LogP contribution is 2.19. The van der Waals surface area contributed by atoms with E-state index in [-0.39, 0.29) is 17.1 Å². The van der Waals surface area contributed by atoms with Gasteiger partial charge < -0.3 is 5.73 Å². The standard InChI is InChI=1S/C12H13FN2O2S2/c13-10-1-2-11(14)12(7-10)19(16,17)15-5-3-9-4-6-18-8-9/h1-2,4,6-8,15H,3,5,14H2. The molecular formula is C12H13FN2O2S2. The highest BCUT2D eigenvalue weighted by Gasteiger charge is 2.17. The van der Waals surface area contributed by atoms with Crippen LogP contribution < -0.4 is 10.5 Å². The van der Waals surface area contributed by atoms with Crippen LogP contribution in [0.1, 0.15) is 5.56 Å². The van der Waals surface area contributed by atoms with Crippen molar-refractivity contribution in [3.8, 4) is 0 Å². The molecule has 2 aromatic rings. The van der Waals surface area contributed by atoms with Crippen molar-refractivity contribution in [1.29, 1.82) is 0 Å². The Morgan fingerprint density at radius 3 is 2.79 bits per heavy atom. The Morgan fingerprint density at radius 1 is 1.32 bits per heavy atom. The van der Waals surface area contributed by atoms with Crippen LogP contribution in [-0.4, -0.2) is 15.0 Å². The van der Waals surface area contributed by atoms with Gasteiger partial charge in [0.25, 0.3) is 0 Å². The molecule has 3 N–H and O–H groups in total. The molecule has 0 aliphatic rings. The highest BCUT2D eigenvalue weighted by atomic mass is 32.2. The van der Waals surface area contributed by atoms with E-state index in [1.807, 2.05) is 16.8 Å². The summed E-state index contributed by atoms with van der Waals surface area (Å²) in [5, 5.41) is 3.87. The Labute approximate surface area is 115 Å². The van der Waals surface area contributed by atoms with Gasteiger partial charge in [0.2, 0.25) is 10.0 Å². The smallest absolute Gasteiger partial charge is 0.242 e. The van der Waals surface area contributed by atoms with Crippen molar-refractivity contribution in [2.24, 2.45) is 0 Å². The van der Waals surface area contributed by atoms with Crippen molar-refractivity contribution in [3.63, 3.8) is 0 Å². The van der Waals surface area contributed by atoms with Crippen molar-refractivity contribution in [2.75, 3.05) is 12.3 Å². The molecule has 0 spiro atoms. The lowest BCUT2D eigenvalue weighted by Gasteiger charge is -2.08. The van der Waals surface area contributed by atoms with Crippen molar-refractivity contribution in [1.82, 2.24) is 4.72 Å². The fourth-order valence-corrected chi connectivity index (χ4v) is 3.46. The first-order valence-corrected chi connectivity index (χ1v) is 7.97. The average Bonchev–Trinajstić information content (AvgIpc) is 2.85. The number of benzene rings is 1. The summed E-state index contributed by atoms with van der Waals surface area (Å²) < 4.78 is 39.4. The van der Waals surface area contributed by atoms with Crippen LogP contribution in [0.15, 0.2) is 39.9 Å². The highest BCUT2D eigenvalue weighted by molar-refractivity contribution is 7.89. The summed E-state index contributed by atoms with van der Waals surface area (Å²) in [4.78, 5) is -0.224. The third-order valence-corrected chi connectivity index (χ3v) is 4.80. The van der Waals surface area contributed by atoms with Crippen LogP contribution in [0, 0.1) is 5.82 Å². The maximum Gasteiger partial charge on any atom is 0.242 e. The minimum absolute atomic E-state index is 0.0319. The molecule has 0 fully saturated rings. The molecule has 0 aliphatic carbocycles. The van der Waals surface area contributed by atoms with Crippen LogP contribution in [0.25, 0.3) is 0 Å². The molecule has 0 atom stereocenters. The van der Waals surface area contributed by atoms with Crippen LogP contribution in [0.2, 0.25) is 0 Å². The number of halogens is 1. The molecule has 102 valence electrons. The SMILES string of the molecule is Nc1ccc(F)cc1S(=O)(=O)NCCc1ccsc1. The average molecular weight is 300 g/mol. The van der Waals surface area contributed by atoms with E-state index < -0.39 is 15.8 Å². The van der Waals surface area contributed by atoms with Gasteiger partial charge in [0.05, 0.1) is 5.69 Å². The fourth-order valence-electron chi connectivity index (χ4n) is 1.58. The monoisotopic (exact) mass is 300 g/mol. The maximum atomic E-state index is 13.1. The first-order chi connectivity index (χ1) is 8.99. The number of anilines is 1. The van der Waals surface area contributed by atoms with Crippen molar-refractivity contribution < 1.29 is 12.8 Å². The molecule has 0 bridgehead atoms. The summed E-state index contributed by atoms with van der Waals surface area (Å²) in [6.07, 6.45) is 0.581. The predicted octanol–water partition coefficient (Wildman–Crippen LogP) is 1.99. The molecule has 1 heterocycles. The largest absolute Gasteiger partial charge is 0.398 e. The first-order valence-electron chi connectivity index (χ1n) is 5.55. The molecule has 19 heavy (non-hydrogen) atoms. The number of nitrogen functional groups attached to an aromatic ring is 1. The number of thiophene rings is 1. The predicted molar refractivity (Wildman–Crippen MR) is 74.0 cm³/mol. The Morgan fingerprint density at radius 2 is 2.11 bits per heavy atom. The number of hydrogen-bond acceptors (Lipinski definition) is 4. The zero-order valence-corrected chi connectivity index (χ0v) is 11.6. The molecule has 1 aromatic carbocycles. The molecule has 0 saturated heterocycles. The zero-order chi connectivity index (χ0) is 13.9. The molecule has 0 unspecified atom stereocenters. The quantitative estimate of drug-likeness (QED) is 0.830. The third kappa shape index (κ3) is 3.52. The summed E-state index contributed by atoms with van der Waals surface area (Å²) in [6.45, 7) is 0.245. The minimum Gasteiger partial charge on any atom is -0.398 e. The molecule has 0 radical (unpaired) electrons. The summed E-state index contributed by atoms with van der Waals surface area (Å²) >= 11 is 1.55. The van der Waals surface area contributed by atoms with E-state index in [1.165, 1.54) is 6.07 Å². The Balaban J connectivity index is 2.07. The Bertz CT molecular complexity index is 654. The molecular weight excluding hydrogens is 287 g/mol. The van der Waals surface area contributed by atoms with Gasteiger partial charge in [-0.05, 0) is 47.0 Å². The van der Waals surface area contributed by atoms with E-state index >= 15 is 0 Å². The van der Waals surface area contributed by atoms with Crippen LogP contribution in [0.5, 0.6) is 0 Å². The maximum absolute atomic E-state index is 13.1. The zero-order valence-electron chi connectivity index (χ0n) is 9.97.